The van der Waals surface area contributed by atoms with Gasteiger partial charge in [0.1, 0.15) is 11.5 Å². The third-order valence-electron chi connectivity index (χ3n) is 2.44. The molecule has 0 fully saturated rings. The van der Waals surface area contributed by atoms with Gasteiger partial charge in [0.15, 0.2) is 6.61 Å². The van der Waals surface area contributed by atoms with Crippen LogP contribution in [-0.4, -0.2) is 22.8 Å². The molecule has 0 unspecified atom stereocenters. The summed E-state index contributed by atoms with van der Waals surface area (Å²) < 4.78 is 5.13. The van der Waals surface area contributed by atoms with E-state index in [1.165, 1.54) is 0 Å². The first-order valence-corrected chi connectivity index (χ1v) is 5.40. The van der Waals surface area contributed by atoms with Gasteiger partial charge in [0.05, 0.1) is 0 Å². The molecule has 0 aliphatic carbocycles. The van der Waals surface area contributed by atoms with Crippen LogP contribution in [0.3, 0.4) is 0 Å². The van der Waals surface area contributed by atoms with E-state index in [0.29, 0.717) is 11.3 Å². The summed E-state index contributed by atoms with van der Waals surface area (Å²) in [5, 5.41) is 18.5. The largest absolute Gasteiger partial charge is 0.507 e. The zero-order valence-corrected chi connectivity index (χ0v) is 10.6. The van der Waals surface area contributed by atoms with E-state index in [1.807, 2.05) is 20.8 Å². The van der Waals surface area contributed by atoms with Crippen molar-refractivity contribution in [3.8, 4) is 11.5 Å². The van der Waals surface area contributed by atoms with Crippen LogP contribution in [0.25, 0.3) is 0 Å². The topological polar surface area (TPSA) is 66.8 Å². The number of carbonyl (C=O) groups is 1. The number of carboxylic acids is 1. The van der Waals surface area contributed by atoms with Crippen molar-refractivity contribution in [2.24, 2.45) is 0 Å². The summed E-state index contributed by atoms with van der Waals surface area (Å²) in [6.45, 7) is 7.30. The standard InChI is InChI=1S/C13H18O4/c1-8-5-9(17-7-11(14)15)6-10(12(8)16)13(2,3)4/h5-6,16H,7H2,1-4H3,(H,14,15). The monoisotopic (exact) mass is 238 g/mol. The van der Waals surface area contributed by atoms with Crippen molar-refractivity contribution in [2.45, 2.75) is 33.1 Å². The normalized spacial score (nSPS) is 11.3. The number of benzene rings is 1. The molecule has 1 aromatic rings. The van der Waals surface area contributed by atoms with Gasteiger partial charge >= 0.3 is 5.97 Å². The van der Waals surface area contributed by atoms with Gasteiger partial charge in [0.2, 0.25) is 0 Å². The highest BCUT2D eigenvalue weighted by molar-refractivity contribution is 5.68. The van der Waals surface area contributed by atoms with E-state index in [1.54, 1.807) is 19.1 Å². The molecule has 17 heavy (non-hydrogen) atoms. The maximum absolute atomic E-state index is 10.4. The van der Waals surface area contributed by atoms with Crippen molar-refractivity contribution >= 4 is 5.97 Å². The highest BCUT2D eigenvalue weighted by atomic mass is 16.5. The minimum atomic E-state index is -1.02. The predicted molar refractivity (Wildman–Crippen MR) is 64.7 cm³/mol. The number of phenols is 1. The summed E-state index contributed by atoms with van der Waals surface area (Å²) in [7, 11) is 0. The fraction of sp³-hybridized carbons (Fsp3) is 0.462. The van der Waals surface area contributed by atoms with Gasteiger partial charge in [-0.2, -0.15) is 0 Å². The Hall–Kier alpha value is -1.71. The SMILES string of the molecule is Cc1cc(OCC(=O)O)cc(C(C)(C)C)c1O. The van der Waals surface area contributed by atoms with Crippen LogP contribution < -0.4 is 4.74 Å². The predicted octanol–water partition coefficient (Wildman–Crippen LogP) is 2.46. The quantitative estimate of drug-likeness (QED) is 0.848. The first kappa shape index (κ1) is 13.4. The van der Waals surface area contributed by atoms with Gasteiger partial charge in [-0.1, -0.05) is 20.8 Å². The van der Waals surface area contributed by atoms with E-state index < -0.39 is 5.97 Å². The van der Waals surface area contributed by atoms with Gasteiger partial charge in [-0.05, 0) is 30.0 Å². The third-order valence-corrected chi connectivity index (χ3v) is 2.44. The van der Waals surface area contributed by atoms with Crippen LogP contribution in [0, 0.1) is 6.92 Å². The van der Waals surface area contributed by atoms with Crippen molar-refractivity contribution in [2.75, 3.05) is 6.61 Å². The zero-order valence-electron chi connectivity index (χ0n) is 10.6. The molecule has 0 aliphatic rings. The molecule has 0 saturated heterocycles. The van der Waals surface area contributed by atoms with Crippen molar-refractivity contribution in [3.63, 3.8) is 0 Å². The first-order valence-electron chi connectivity index (χ1n) is 5.40. The molecule has 1 aromatic carbocycles. The Labute approximate surface area is 101 Å². The van der Waals surface area contributed by atoms with Crippen molar-refractivity contribution in [1.82, 2.24) is 0 Å². The molecule has 0 heterocycles. The lowest BCUT2D eigenvalue weighted by molar-refractivity contribution is -0.139. The Morgan fingerprint density at radius 2 is 1.94 bits per heavy atom. The second-order valence-corrected chi connectivity index (χ2v) is 5.07. The van der Waals surface area contributed by atoms with E-state index >= 15 is 0 Å². The number of hydrogen-bond donors (Lipinski definition) is 2. The summed E-state index contributed by atoms with van der Waals surface area (Å²) in [4.78, 5) is 10.4. The number of aromatic hydroxyl groups is 1. The highest BCUT2D eigenvalue weighted by Gasteiger charge is 2.20. The molecule has 4 nitrogen and oxygen atoms in total. The minimum Gasteiger partial charge on any atom is -0.507 e. The van der Waals surface area contributed by atoms with Crippen LogP contribution in [0.15, 0.2) is 12.1 Å². The molecule has 0 bridgehead atoms. The van der Waals surface area contributed by atoms with Crippen LogP contribution in [0.1, 0.15) is 31.9 Å². The maximum Gasteiger partial charge on any atom is 0.341 e. The molecule has 0 atom stereocenters. The van der Waals surface area contributed by atoms with Crippen LogP contribution in [0.2, 0.25) is 0 Å². The number of aryl methyl sites for hydroxylation is 1. The summed E-state index contributed by atoms with van der Waals surface area (Å²) in [6, 6.07) is 3.32. The first-order chi connectivity index (χ1) is 7.71. The lowest BCUT2D eigenvalue weighted by atomic mass is 9.85. The number of rotatable bonds is 3. The van der Waals surface area contributed by atoms with Crippen LogP contribution in [-0.2, 0) is 10.2 Å². The lowest BCUT2D eigenvalue weighted by Crippen LogP contribution is -2.14. The Kier molecular flexibility index (Phi) is 3.66. The fourth-order valence-electron chi connectivity index (χ4n) is 1.55. The Balaban J connectivity index is 3.11. The second-order valence-electron chi connectivity index (χ2n) is 5.07. The molecule has 0 spiro atoms. The van der Waals surface area contributed by atoms with Gasteiger partial charge in [-0.15, -0.1) is 0 Å². The van der Waals surface area contributed by atoms with Gasteiger partial charge in [-0.25, -0.2) is 4.79 Å². The maximum atomic E-state index is 10.4. The molecular weight excluding hydrogens is 220 g/mol. The summed E-state index contributed by atoms with van der Waals surface area (Å²) in [6.07, 6.45) is 0. The average molecular weight is 238 g/mol. The highest BCUT2D eigenvalue weighted by Crippen LogP contribution is 2.36. The Bertz CT molecular complexity index is 430. The Morgan fingerprint density at radius 1 is 1.35 bits per heavy atom. The van der Waals surface area contributed by atoms with Crippen LogP contribution in [0.4, 0.5) is 0 Å². The lowest BCUT2D eigenvalue weighted by Gasteiger charge is -2.22. The van der Waals surface area contributed by atoms with Crippen molar-refractivity contribution < 1.29 is 19.7 Å². The fourth-order valence-corrected chi connectivity index (χ4v) is 1.55. The molecule has 4 heteroatoms. The van der Waals surface area contributed by atoms with Crippen molar-refractivity contribution in [3.05, 3.63) is 23.3 Å². The number of hydrogen-bond acceptors (Lipinski definition) is 3. The van der Waals surface area contributed by atoms with E-state index in [-0.39, 0.29) is 17.8 Å². The molecular formula is C13H18O4. The molecule has 2 N–H and O–H groups in total. The molecule has 0 aliphatic heterocycles. The van der Waals surface area contributed by atoms with Crippen LogP contribution >= 0.6 is 0 Å². The van der Waals surface area contributed by atoms with E-state index in [9.17, 15) is 9.90 Å². The zero-order chi connectivity index (χ0) is 13.2. The number of ether oxygens (including phenoxy) is 1. The third kappa shape index (κ3) is 3.37. The number of aliphatic carboxylic acids is 1. The smallest absolute Gasteiger partial charge is 0.341 e. The van der Waals surface area contributed by atoms with Gasteiger partial charge in [0.25, 0.3) is 0 Å². The summed E-state index contributed by atoms with van der Waals surface area (Å²) >= 11 is 0. The molecule has 0 aromatic heterocycles. The Morgan fingerprint density at radius 3 is 2.41 bits per heavy atom. The average Bonchev–Trinajstić information content (AvgIpc) is 2.17. The van der Waals surface area contributed by atoms with Gasteiger partial charge < -0.3 is 14.9 Å². The number of phenolic OH excluding ortho intramolecular Hbond substituents is 1. The molecule has 0 radical (unpaired) electrons. The van der Waals surface area contributed by atoms with Crippen LogP contribution in [0.5, 0.6) is 11.5 Å². The number of carboxylic acid groups (broad SMARTS) is 1. The summed E-state index contributed by atoms with van der Waals surface area (Å²) in [5.74, 6) is -0.319. The van der Waals surface area contributed by atoms with Gasteiger partial charge in [0, 0.05) is 5.56 Å². The minimum absolute atomic E-state index is 0.225. The van der Waals surface area contributed by atoms with E-state index in [2.05, 4.69) is 0 Å². The van der Waals surface area contributed by atoms with Crippen molar-refractivity contribution in [1.29, 1.82) is 0 Å². The van der Waals surface area contributed by atoms with E-state index in [4.69, 9.17) is 9.84 Å². The molecule has 0 saturated carbocycles. The molecule has 1 rings (SSSR count). The van der Waals surface area contributed by atoms with E-state index in [0.717, 1.165) is 5.56 Å². The van der Waals surface area contributed by atoms with Gasteiger partial charge in [-0.3, -0.25) is 0 Å². The second kappa shape index (κ2) is 4.65. The molecule has 0 amide bonds. The summed E-state index contributed by atoms with van der Waals surface area (Å²) in [5.41, 5.74) is 1.20. The molecule has 94 valence electrons.